The van der Waals surface area contributed by atoms with Gasteiger partial charge in [0.15, 0.2) is 0 Å². The summed E-state index contributed by atoms with van der Waals surface area (Å²) in [6.07, 6.45) is 0. The van der Waals surface area contributed by atoms with Crippen LogP contribution in [-0.4, -0.2) is 21.6 Å². The molecule has 0 fully saturated rings. The van der Waals surface area contributed by atoms with Crippen molar-refractivity contribution in [1.82, 2.24) is 9.78 Å². The van der Waals surface area contributed by atoms with Crippen LogP contribution >= 0.6 is 0 Å². The molecule has 29 heavy (non-hydrogen) atoms. The van der Waals surface area contributed by atoms with Crippen molar-refractivity contribution in [2.75, 3.05) is 10.6 Å². The first-order valence-corrected chi connectivity index (χ1v) is 9.50. The Labute approximate surface area is 170 Å². The van der Waals surface area contributed by atoms with E-state index in [1.54, 1.807) is 28.9 Å². The minimum Gasteiger partial charge on any atom is -0.326 e. The minimum absolute atomic E-state index is 0.167. The highest BCUT2D eigenvalue weighted by Crippen LogP contribution is 2.27. The van der Waals surface area contributed by atoms with Crippen LogP contribution in [0.2, 0.25) is 0 Å². The maximum atomic E-state index is 12.9. The first kappa shape index (κ1) is 20.3. The lowest BCUT2D eigenvalue weighted by Crippen LogP contribution is -2.16. The Balaban J connectivity index is 1.97. The van der Waals surface area contributed by atoms with E-state index in [0.29, 0.717) is 17.1 Å². The highest BCUT2D eigenvalue weighted by atomic mass is 16.2. The lowest BCUT2D eigenvalue weighted by Gasteiger charge is -2.14. The second-order valence-corrected chi connectivity index (χ2v) is 8.13. The van der Waals surface area contributed by atoms with Crippen LogP contribution in [0.5, 0.6) is 0 Å². The summed E-state index contributed by atoms with van der Waals surface area (Å²) in [6, 6.07) is 16.7. The van der Waals surface area contributed by atoms with Gasteiger partial charge in [0.1, 0.15) is 5.82 Å². The second kappa shape index (κ2) is 7.91. The number of nitrogens with one attached hydrogen (secondary N) is 2. The van der Waals surface area contributed by atoms with Gasteiger partial charge in [0.25, 0.3) is 5.91 Å². The van der Waals surface area contributed by atoms with Crippen LogP contribution in [0.15, 0.2) is 54.6 Å². The number of hydrogen-bond acceptors (Lipinski definition) is 3. The van der Waals surface area contributed by atoms with Gasteiger partial charge in [0, 0.05) is 29.7 Å². The fourth-order valence-electron chi connectivity index (χ4n) is 2.92. The second-order valence-electron chi connectivity index (χ2n) is 8.13. The average molecular weight is 390 g/mol. The largest absolute Gasteiger partial charge is 0.326 e. The van der Waals surface area contributed by atoms with E-state index in [1.165, 1.54) is 6.92 Å². The molecule has 0 saturated heterocycles. The molecule has 0 aliphatic carbocycles. The monoisotopic (exact) mass is 390 g/mol. The molecule has 3 aromatic rings. The molecule has 150 valence electrons. The normalized spacial score (nSPS) is 11.2. The Hall–Kier alpha value is -3.41. The molecule has 0 atom stereocenters. The smallest absolute Gasteiger partial charge is 0.256 e. The van der Waals surface area contributed by atoms with Crippen molar-refractivity contribution >= 4 is 23.3 Å². The Morgan fingerprint density at radius 2 is 1.69 bits per heavy atom. The van der Waals surface area contributed by atoms with Gasteiger partial charge in [-0.05, 0) is 42.8 Å². The van der Waals surface area contributed by atoms with E-state index < -0.39 is 0 Å². The van der Waals surface area contributed by atoms with Crippen LogP contribution in [0.3, 0.4) is 0 Å². The molecule has 0 aliphatic heterocycles. The zero-order valence-electron chi connectivity index (χ0n) is 17.4. The van der Waals surface area contributed by atoms with Gasteiger partial charge >= 0.3 is 0 Å². The Kier molecular flexibility index (Phi) is 5.55. The van der Waals surface area contributed by atoms with Crippen molar-refractivity contribution < 1.29 is 9.59 Å². The van der Waals surface area contributed by atoms with Gasteiger partial charge in [-0.1, -0.05) is 39.0 Å². The van der Waals surface area contributed by atoms with Crippen molar-refractivity contribution in [2.24, 2.45) is 0 Å². The number of anilines is 2. The van der Waals surface area contributed by atoms with E-state index in [4.69, 9.17) is 5.10 Å². The number of hydrogen-bond donors (Lipinski definition) is 2. The zero-order chi connectivity index (χ0) is 21.2. The number of benzene rings is 2. The third-order valence-electron chi connectivity index (χ3n) is 4.41. The SMILES string of the molecule is CC(=O)Nc1cccc(C(=O)Nc2cc(C(C)(C)C)nn2-c2cccc(C)c2)c1. The molecule has 0 unspecified atom stereocenters. The maximum Gasteiger partial charge on any atom is 0.256 e. The van der Waals surface area contributed by atoms with Crippen molar-refractivity contribution in [1.29, 1.82) is 0 Å². The standard InChI is InChI=1S/C23H26N4O2/c1-15-8-6-11-19(12-15)27-21(14-20(26-27)23(3,4)5)25-22(29)17-9-7-10-18(13-17)24-16(2)28/h6-14H,1-5H3,(H,24,28)(H,25,29). The van der Waals surface area contributed by atoms with Crippen molar-refractivity contribution in [3.8, 4) is 5.69 Å². The third-order valence-corrected chi connectivity index (χ3v) is 4.41. The average Bonchev–Trinajstić information content (AvgIpc) is 3.05. The van der Waals surface area contributed by atoms with Crippen LogP contribution in [0.25, 0.3) is 5.69 Å². The molecule has 0 radical (unpaired) electrons. The summed E-state index contributed by atoms with van der Waals surface area (Å²) < 4.78 is 1.75. The van der Waals surface area contributed by atoms with Crippen molar-refractivity contribution in [3.63, 3.8) is 0 Å². The molecule has 0 saturated carbocycles. The number of aromatic nitrogens is 2. The van der Waals surface area contributed by atoms with E-state index in [9.17, 15) is 9.59 Å². The lowest BCUT2D eigenvalue weighted by atomic mass is 9.92. The highest BCUT2D eigenvalue weighted by Gasteiger charge is 2.22. The van der Waals surface area contributed by atoms with Gasteiger partial charge in [-0.2, -0.15) is 5.10 Å². The molecular weight excluding hydrogens is 364 g/mol. The van der Waals surface area contributed by atoms with E-state index >= 15 is 0 Å². The molecule has 2 N–H and O–H groups in total. The molecule has 3 rings (SSSR count). The lowest BCUT2D eigenvalue weighted by molar-refractivity contribution is -0.114. The number of carbonyl (C=O) groups is 2. The Bertz CT molecular complexity index is 1060. The summed E-state index contributed by atoms with van der Waals surface area (Å²) in [4.78, 5) is 24.2. The summed E-state index contributed by atoms with van der Waals surface area (Å²) >= 11 is 0. The zero-order valence-corrected chi connectivity index (χ0v) is 17.4. The van der Waals surface area contributed by atoms with Crippen LogP contribution in [0.1, 0.15) is 49.3 Å². The summed E-state index contributed by atoms with van der Waals surface area (Å²) in [5, 5.41) is 10.4. The number of carbonyl (C=O) groups excluding carboxylic acids is 2. The molecule has 1 heterocycles. The fourth-order valence-corrected chi connectivity index (χ4v) is 2.92. The molecule has 2 amide bonds. The van der Waals surface area contributed by atoms with Crippen LogP contribution in [-0.2, 0) is 10.2 Å². The summed E-state index contributed by atoms with van der Waals surface area (Å²) in [5.41, 5.74) is 3.72. The molecule has 6 nitrogen and oxygen atoms in total. The molecule has 0 bridgehead atoms. The Morgan fingerprint density at radius 1 is 0.966 bits per heavy atom. The Morgan fingerprint density at radius 3 is 2.34 bits per heavy atom. The van der Waals surface area contributed by atoms with E-state index in [2.05, 4.69) is 31.4 Å². The first-order valence-electron chi connectivity index (χ1n) is 9.50. The van der Waals surface area contributed by atoms with Crippen LogP contribution in [0.4, 0.5) is 11.5 Å². The molecule has 0 spiro atoms. The summed E-state index contributed by atoms with van der Waals surface area (Å²) in [5.74, 6) is 0.136. The van der Waals surface area contributed by atoms with E-state index in [0.717, 1.165) is 16.9 Å². The van der Waals surface area contributed by atoms with Gasteiger partial charge in [-0.25, -0.2) is 4.68 Å². The van der Waals surface area contributed by atoms with Gasteiger partial charge in [-0.15, -0.1) is 0 Å². The number of aryl methyl sites for hydroxylation is 1. The summed E-state index contributed by atoms with van der Waals surface area (Å²) in [6.45, 7) is 9.69. The first-order chi connectivity index (χ1) is 13.6. The third kappa shape index (κ3) is 4.90. The molecule has 0 aliphatic rings. The highest BCUT2D eigenvalue weighted by molar-refractivity contribution is 6.05. The van der Waals surface area contributed by atoms with Gasteiger partial charge in [0.05, 0.1) is 11.4 Å². The predicted molar refractivity (Wildman–Crippen MR) is 116 cm³/mol. The fraction of sp³-hybridized carbons (Fsp3) is 0.261. The maximum absolute atomic E-state index is 12.9. The van der Waals surface area contributed by atoms with Crippen molar-refractivity contribution in [2.45, 2.75) is 40.0 Å². The van der Waals surface area contributed by atoms with Gasteiger partial charge in [0.2, 0.25) is 5.91 Å². The van der Waals surface area contributed by atoms with Crippen molar-refractivity contribution in [3.05, 3.63) is 71.4 Å². The molecular formula is C23H26N4O2. The summed E-state index contributed by atoms with van der Waals surface area (Å²) in [7, 11) is 0. The molecule has 6 heteroatoms. The van der Waals surface area contributed by atoms with Gasteiger partial charge in [-0.3, -0.25) is 9.59 Å². The minimum atomic E-state index is -0.272. The topological polar surface area (TPSA) is 76.0 Å². The van der Waals surface area contributed by atoms with Gasteiger partial charge < -0.3 is 10.6 Å². The number of amides is 2. The predicted octanol–water partition coefficient (Wildman–Crippen LogP) is 4.69. The van der Waals surface area contributed by atoms with E-state index in [1.807, 2.05) is 37.3 Å². The number of rotatable bonds is 4. The number of nitrogens with zero attached hydrogens (tertiary/aromatic N) is 2. The van der Waals surface area contributed by atoms with E-state index in [-0.39, 0.29) is 17.2 Å². The van der Waals surface area contributed by atoms with Crippen LogP contribution in [0, 0.1) is 6.92 Å². The van der Waals surface area contributed by atoms with Crippen LogP contribution < -0.4 is 10.6 Å². The quantitative estimate of drug-likeness (QED) is 0.679. The molecule has 1 aromatic heterocycles. The molecule has 2 aromatic carbocycles.